The van der Waals surface area contributed by atoms with Crippen LogP contribution in [0.1, 0.15) is 30.4 Å². The quantitative estimate of drug-likeness (QED) is 0.747. The molecule has 0 aromatic carbocycles. The van der Waals surface area contributed by atoms with E-state index >= 15 is 0 Å². The predicted octanol–water partition coefficient (Wildman–Crippen LogP) is 1.76. The molecule has 1 aliphatic heterocycles. The van der Waals surface area contributed by atoms with Crippen LogP contribution in [-0.4, -0.2) is 31.2 Å². The van der Waals surface area contributed by atoms with E-state index in [1.165, 1.54) is 43.5 Å². The summed E-state index contributed by atoms with van der Waals surface area (Å²) in [5.74, 6) is 1.19. The van der Waals surface area contributed by atoms with Gasteiger partial charge in [-0.1, -0.05) is 6.42 Å². The Balaban J connectivity index is 1.83. The molecule has 1 aromatic rings. The molecule has 1 aromatic heterocycles. The molecular formula is C14H21N3. The van der Waals surface area contributed by atoms with Gasteiger partial charge in [-0.25, -0.2) is 4.98 Å². The maximum Gasteiger partial charge on any atom is 0.128 e. The molecule has 0 saturated carbocycles. The molecule has 17 heavy (non-hydrogen) atoms. The number of rotatable bonds is 1. The molecule has 3 heteroatoms. The van der Waals surface area contributed by atoms with Crippen LogP contribution in [0.15, 0.2) is 12.3 Å². The van der Waals surface area contributed by atoms with Gasteiger partial charge in [0.05, 0.1) is 0 Å². The summed E-state index contributed by atoms with van der Waals surface area (Å²) in [6, 6.07) is 2.34. The third-order valence-corrected chi connectivity index (χ3v) is 3.90. The summed E-state index contributed by atoms with van der Waals surface area (Å²) in [4.78, 5) is 7.06. The minimum absolute atomic E-state index is 1.08. The van der Waals surface area contributed by atoms with E-state index in [-0.39, 0.29) is 0 Å². The van der Waals surface area contributed by atoms with Crippen molar-refractivity contribution in [2.24, 2.45) is 0 Å². The van der Waals surface area contributed by atoms with E-state index in [1.54, 1.807) is 5.56 Å². The topological polar surface area (TPSA) is 28.2 Å². The highest BCUT2D eigenvalue weighted by Crippen LogP contribution is 2.23. The van der Waals surface area contributed by atoms with Crippen molar-refractivity contribution in [2.45, 2.75) is 32.1 Å². The van der Waals surface area contributed by atoms with Gasteiger partial charge in [0.25, 0.3) is 0 Å². The molecule has 2 heterocycles. The molecule has 3 nitrogen and oxygen atoms in total. The first-order valence-electron chi connectivity index (χ1n) is 6.87. The van der Waals surface area contributed by atoms with Gasteiger partial charge in [-0.3, -0.25) is 0 Å². The second-order valence-electron chi connectivity index (χ2n) is 5.11. The van der Waals surface area contributed by atoms with Crippen molar-refractivity contribution in [1.82, 2.24) is 10.3 Å². The Morgan fingerprint density at radius 3 is 2.59 bits per heavy atom. The number of aromatic nitrogens is 1. The van der Waals surface area contributed by atoms with Gasteiger partial charge in [0.1, 0.15) is 5.82 Å². The van der Waals surface area contributed by atoms with Crippen LogP contribution in [0, 0.1) is 0 Å². The lowest BCUT2D eigenvalue weighted by Gasteiger charge is -2.29. The number of nitrogens with zero attached hydrogens (tertiary/aromatic N) is 2. The van der Waals surface area contributed by atoms with Crippen molar-refractivity contribution in [2.75, 3.05) is 31.1 Å². The van der Waals surface area contributed by atoms with Crippen LogP contribution < -0.4 is 10.2 Å². The highest BCUT2D eigenvalue weighted by atomic mass is 15.2. The van der Waals surface area contributed by atoms with Crippen LogP contribution in [0.25, 0.3) is 0 Å². The Hall–Kier alpha value is -1.09. The second-order valence-corrected chi connectivity index (χ2v) is 5.11. The van der Waals surface area contributed by atoms with Crippen molar-refractivity contribution in [3.63, 3.8) is 0 Å². The lowest BCUT2D eigenvalue weighted by molar-refractivity contribution is 0.584. The van der Waals surface area contributed by atoms with Gasteiger partial charge in [0, 0.05) is 32.4 Å². The van der Waals surface area contributed by atoms with Crippen LogP contribution in [0.4, 0.5) is 5.82 Å². The number of pyridine rings is 1. The molecule has 1 aliphatic carbocycles. The maximum absolute atomic E-state index is 4.66. The second kappa shape index (κ2) is 5.05. The number of anilines is 1. The molecular weight excluding hydrogens is 210 g/mol. The SMILES string of the molecule is c1nc(N2CCNCC2)cc2c1CCCCC2. The molecule has 0 unspecified atom stereocenters. The van der Waals surface area contributed by atoms with Crippen molar-refractivity contribution in [3.8, 4) is 0 Å². The van der Waals surface area contributed by atoms with Gasteiger partial charge in [0.15, 0.2) is 0 Å². The van der Waals surface area contributed by atoms with E-state index in [9.17, 15) is 0 Å². The lowest BCUT2D eigenvalue weighted by atomic mass is 10.1. The van der Waals surface area contributed by atoms with Crippen molar-refractivity contribution < 1.29 is 0 Å². The lowest BCUT2D eigenvalue weighted by Crippen LogP contribution is -2.43. The van der Waals surface area contributed by atoms with Gasteiger partial charge in [0.2, 0.25) is 0 Å². The fourth-order valence-corrected chi connectivity index (χ4v) is 2.85. The number of hydrogen-bond donors (Lipinski definition) is 1. The fraction of sp³-hybridized carbons (Fsp3) is 0.643. The first kappa shape index (κ1) is 11.0. The van der Waals surface area contributed by atoms with Crippen LogP contribution in [0.3, 0.4) is 0 Å². The van der Waals surface area contributed by atoms with Gasteiger partial charge >= 0.3 is 0 Å². The molecule has 1 saturated heterocycles. The summed E-state index contributed by atoms with van der Waals surface area (Å²) < 4.78 is 0. The third kappa shape index (κ3) is 2.44. The first-order chi connectivity index (χ1) is 8.43. The molecule has 0 radical (unpaired) electrons. The molecule has 0 atom stereocenters. The number of hydrogen-bond acceptors (Lipinski definition) is 3. The van der Waals surface area contributed by atoms with Gasteiger partial charge in [-0.15, -0.1) is 0 Å². The minimum Gasteiger partial charge on any atom is -0.354 e. The average Bonchev–Trinajstić information content (AvgIpc) is 2.64. The number of fused-ring (bicyclic) bond motifs is 1. The zero-order valence-corrected chi connectivity index (χ0v) is 10.4. The summed E-state index contributed by atoms with van der Waals surface area (Å²) in [6.45, 7) is 4.34. The predicted molar refractivity (Wildman–Crippen MR) is 70.6 cm³/mol. The highest BCUT2D eigenvalue weighted by molar-refractivity contribution is 5.44. The standard InChI is InChI=1S/C14H21N3/c1-2-4-12-10-14(16-11-13(12)5-3-1)17-8-6-15-7-9-17/h10-11,15H,1-9H2. The van der Waals surface area contributed by atoms with Crippen molar-refractivity contribution >= 4 is 5.82 Å². The van der Waals surface area contributed by atoms with E-state index in [0.29, 0.717) is 0 Å². The Morgan fingerprint density at radius 1 is 1.00 bits per heavy atom. The molecule has 92 valence electrons. The largest absolute Gasteiger partial charge is 0.354 e. The average molecular weight is 231 g/mol. The fourth-order valence-electron chi connectivity index (χ4n) is 2.85. The van der Waals surface area contributed by atoms with E-state index < -0.39 is 0 Å². The number of piperazine rings is 1. The summed E-state index contributed by atoms with van der Waals surface area (Å²) in [5, 5.41) is 3.39. The summed E-state index contributed by atoms with van der Waals surface area (Å²) in [5.41, 5.74) is 3.03. The minimum atomic E-state index is 1.08. The number of aryl methyl sites for hydroxylation is 2. The van der Waals surface area contributed by atoms with Crippen LogP contribution in [-0.2, 0) is 12.8 Å². The smallest absolute Gasteiger partial charge is 0.128 e. The van der Waals surface area contributed by atoms with E-state index in [4.69, 9.17) is 0 Å². The van der Waals surface area contributed by atoms with Gasteiger partial charge in [-0.2, -0.15) is 0 Å². The van der Waals surface area contributed by atoms with Crippen LogP contribution in [0.5, 0.6) is 0 Å². The molecule has 2 aliphatic rings. The Morgan fingerprint density at radius 2 is 1.76 bits per heavy atom. The molecule has 1 fully saturated rings. The van der Waals surface area contributed by atoms with Gasteiger partial charge in [-0.05, 0) is 42.9 Å². The first-order valence-corrected chi connectivity index (χ1v) is 6.87. The zero-order chi connectivity index (χ0) is 11.5. The van der Waals surface area contributed by atoms with E-state index in [0.717, 1.165) is 26.2 Å². The monoisotopic (exact) mass is 231 g/mol. The molecule has 1 N–H and O–H groups in total. The maximum atomic E-state index is 4.66. The summed E-state index contributed by atoms with van der Waals surface area (Å²) in [6.07, 6.45) is 8.65. The Kier molecular flexibility index (Phi) is 3.27. The summed E-state index contributed by atoms with van der Waals surface area (Å²) in [7, 11) is 0. The van der Waals surface area contributed by atoms with E-state index in [2.05, 4.69) is 27.5 Å². The molecule has 0 bridgehead atoms. The third-order valence-electron chi connectivity index (χ3n) is 3.90. The molecule has 3 rings (SSSR count). The van der Waals surface area contributed by atoms with Crippen molar-refractivity contribution in [3.05, 3.63) is 23.4 Å². The number of nitrogens with one attached hydrogen (secondary N) is 1. The van der Waals surface area contributed by atoms with Crippen LogP contribution >= 0.6 is 0 Å². The van der Waals surface area contributed by atoms with Crippen LogP contribution in [0.2, 0.25) is 0 Å². The van der Waals surface area contributed by atoms with E-state index in [1.807, 2.05) is 0 Å². The molecule has 0 spiro atoms. The van der Waals surface area contributed by atoms with Gasteiger partial charge < -0.3 is 10.2 Å². The summed E-state index contributed by atoms with van der Waals surface area (Å²) >= 11 is 0. The Labute approximate surface area is 103 Å². The normalized spacial score (nSPS) is 20.8. The Bertz CT molecular complexity index is 383. The zero-order valence-electron chi connectivity index (χ0n) is 10.4. The van der Waals surface area contributed by atoms with Crippen molar-refractivity contribution in [1.29, 1.82) is 0 Å². The highest BCUT2D eigenvalue weighted by Gasteiger charge is 2.14. The molecule has 0 amide bonds.